The van der Waals surface area contributed by atoms with Crippen LogP contribution in [-0.4, -0.2) is 33.0 Å². The van der Waals surface area contributed by atoms with Crippen LogP contribution in [0.2, 0.25) is 0 Å². The first-order valence-electron chi connectivity index (χ1n) is 8.23. The molecule has 1 amide bonds. The molecular formula is C17H28ClN3O3S. The summed E-state index contributed by atoms with van der Waals surface area (Å²) in [5.74, 6) is 0.536. The molecule has 1 saturated carbocycles. The number of amides is 1. The Morgan fingerprint density at radius 1 is 1.24 bits per heavy atom. The molecule has 0 bridgehead atoms. The van der Waals surface area contributed by atoms with E-state index in [1.165, 1.54) is 12.8 Å². The largest absolute Gasteiger partial charge is 0.325 e. The molecule has 1 aromatic rings. The molecule has 142 valence electrons. The Balaban J connectivity index is 0.00000312. The molecule has 2 rings (SSSR count). The summed E-state index contributed by atoms with van der Waals surface area (Å²) in [5, 5.41) is 5.91. The van der Waals surface area contributed by atoms with Gasteiger partial charge >= 0.3 is 0 Å². The van der Waals surface area contributed by atoms with Gasteiger partial charge in [0.2, 0.25) is 15.9 Å². The number of benzene rings is 1. The third kappa shape index (κ3) is 6.93. The van der Waals surface area contributed by atoms with E-state index in [1.54, 1.807) is 45.9 Å². The van der Waals surface area contributed by atoms with E-state index in [4.69, 9.17) is 0 Å². The van der Waals surface area contributed by atoms with Crippen molar-refractivity contribution in [3.05, 3.63) is 23.8 Å². The number of anilines is 1. The van der Waals surface area contributed by atoms with Crippen LogP contribution in [0.5, 0.6) is 0 Å². The number of hydrogen-bond donors (Lipinski definition) is 3. The lowest BCUT2D eigenvalue weighted by atomic mass is 10.1. The fourth-order valence-corrected chi connectivity index (χ4v) is 4.09. The molecule has 1 aliphatic rings. The van der Waals surface area contributed by atoms with E-state index in [9.17, 15) is 13.2 Å². The predicted molar refractivity (Wildman–Crippen MR) is 103 cm³/mol. The summed E-state index contributed by atoms with van der Waals surface area (Å²) in [4.78, 5) is 12.2. The van der Waals surface area contributed by atoms with Crippen molar-refractivity contribution in [2.24, 2.45) is 5.92 Å². The highest BCUT2D eigenvalue weighted by Crippen LogP contribution is 2.27. The van der Waals surface area contributed by atoms with Crippen molar-refractivity contribution in [1.29, 1.82) is 0 Å². The highest BCUT2D eigenvalue weighted by molar-refractivity contribution is 7.89. The Labute approximate surface area is 156 Å². The maximum absolute atomic E-state index is 12.5. The number of nitrogens with one attached hydrogen (secondary N) is 3. The van der Waals surface area contributed by atoms with Crippen LogP contribution in [-0.2, 0) is 14.8 Å². The average molecular weight is 390 g/mol. The van der Waals surface area contributed by atoms with E-state index in [0.717, 1.165) is 6.54 Å². The second kappa shape index (κ2) is 8.49. The molecule has 0 radical (unpaired) electrons. The van der Waals surface area contributed by atoms with Crippen molar-refractivity contribution in [3.63, 3.8) is 0 Å². The maximum atomic E-state index is 12.5. The van der Waals surface area contributed by atoms with Gasteiger partial charge in [-0.25, -0.2) is 13.1 Å². The molecule has 1 aliphatic carbocycles. The Kier molecular flexibility index (Phi) is 7.43. The van der Waals surface area contributed by atoms with Crippen molar-refractivity contribution in [3.8, 4) is 0 Å². The molecule has 8 heteroatoms. The van der Waals surface area contributed by atoms with Gasteiger partial charge in [-0.15, -0.1) is 12.4 Å². The van der Waals surface area contributed by atoms with Gasteiger partial charge in [-0.1, -0.05) is 6.07 Å². The van der Waals surface area contributed by atoms with Gasteiger partial charge in [0.25, 0.3) is 0 Å². The van der Waals surface area contributed by atoms with Gasteiger partial charge < -0.3 is 10.6 Å². The fourth-order valence-electron chi connectivity index (χ4n) is 2.41. The lowest BCUT2D eigenvalue weighted by Crippen LogP contribution is -2.40. The van der Waals surface area contributed by atoms with Gasteiger partial charge in [-0.2, -0.15) is 0 Å². The first-order chi connectivity index (χ1) is 11.1. The van der Waals surface area contributed by atoms with E-state index >= 15 is 0 Å². The zero-order valence-corrected chi connectivity index (χ0v) is 16.8. The van der Waals surface area contributed by atoms with Gasteiger partial charge in [0.1, 0.15) is 0 Å². The Bertz CT molecular complexity index is 710. The zero-order valence-electron chi connectivity index (χ0n) is 15.2. The van der Waals surface area contributed by atoms with Crippen LogP contribution >= 0.6 is 12.4 Å². The molecule has 0 aliphatic heterocycles. The molecule has 25 heavy (non-hydrogen) atoms. The number of rotatable bonds is 7. The van der Waals surface area contributed by atoms with Crippen molar-refractivity contribution < 1.29 is 13.2 Å². The predicted octanol–water partition coefficient (Wildman–Crippen LogP) is 2.43. The Morgan fingerprint density at radius 3 is 2.44 bits per heavy atom. The number of carbonyl (C=O) groups is 1. The third-order valence-electron chi connectivity index (χ3n) is 3.70. The normalized spacial score (nSPS) is 14.7. The lowest BCUT2D eigenvalue weighted by Gasteiger charge is -2.22. The summed E-state index contributed by atoms with van der Waals surface area (Å²) >= 11 is 0. The molecule has 3 N–H and O–H groups in total. The van der Waals surface area contributed by atoms with Crippen molar-refractivity contribution >= 4 is 34.0 Å². The molecule has 0 spiro atoms. The Morgan fingerprint density at radius 2 is 1.88 bits per heavy atom. The molecule has 0 saturated heterocycles. The molecule has 6 nitrogen and oxygen atoms in total. The number of sulfonamides is 1. The van der Waals surface area contributed by atoms with Crippen LogP contribution in [0.1, 0.15) is 39.2 Å². The molecule has 1 fully saturated rings. The summed E-state index contributed by atoms with van der Waals surface area (Å²) in [6, 6.07) is 4.89. The van der Waals surface area contributed by atoms with E-state index in [1.807, 2.05) is 0 Å². The minimum absolute atomic E-state index is 0. The highest BCUT2D eigenvalue weighted by atomic mass is 35.5. The smallest absolute Gasteiger partial charge is 0.241 e. The number of halogens is 1. The van der Waals surface area contributed by atoms with Crippen LogP contribution in [0.4, 0.5) is 5.69 Å². The van der Waals surface area contributed by atoms with Crippen LogP contribution in [0.3, 0.4) is 0 Å². The van der Waals surface area contributed by atoms with Crippen LogP contribution in [0, 0.1) is 12.8 Å². The van der Waals surface area contributed by atoms with Crippen molar-refractivity contribution in [1.82, 2.24) is 10.0 Å². The first kappa shape index (κ1) is 21.9. The van der Waals surface area contributed by atoms with Gasteiger partial charge in [0.05, 0.1) is 11.4 Å². The van der Waals surface area contributed by atoms with Crippen molar-refractivity contribution in [2.75, 3.05) is 18.4 Å². The van der Waals surface area contributed by atoms with E-state index in [-0.39, 0.29) is 29.8 Å². The quantitative estimate of drug-likeness (QED) is 0.668. The molecule has 0 heterocycles. The van der Waals surface area contributed by atoms with Crippen molar-refractivity contribution in [2.45, 2.75) is 51.0 Å². The second-order valence-electron chi connectivity index (χ2n) is 7.41. The zero-order chi connectivity index (χ0) is 18.0. The van der Waals surface area contributed by atoms with E-state index < -0.39 is 15.6 Å². The van der Waals surface area contributed by atoms with E-state index in [2.05, 4.69) is 15.4 Å². The van der Waals surface area contributed by atoms with Gasteiger partial charge in [0.15, 0.2) is 0 Å². The van der Waals surface area contributed by atoms with E-state index in [0.29, 0.717) is 17.2 Å². The summed E-state index contributed by atoms with van der Waals surface area (Å²) in [6.45, 7) is 8.15. The number of hydrogen-bond acceptors (Lipinski definition) is 4. The SMILES string of the molecule is Cc1c(NC(=O)CNCC2CC2)cccc1S(=O)(=O)NC(C)(C)C.Cl. The monoisotopic (exact) mass is 389 g/mol. The summed E-state index contributed by atoms with van der Waals surface area (Å²) in [6.07, 6.45) is 2.46. The highest BCUT2D eigenvalue weighted by Gasteiger charge is 2.25. The molecule has 0 aromatic heterocycles. The van der Waals surface area contributed by atoms with Crippen LogP contribution < -0.4 is 15.4 Å². The molecule has 0 atom stereocenters. The molecular weight excluding hydrogens is 362 g/mol. The topological polar surface area (TPSA) is 87.3 Å². The summed E-state index contributed by atoms with van der Waals surface area (Å²) in [5.41, 5.74) is 0.479. The number of carbonyl (C=O) groups excluding carboxylic acids is 1. The Hall–Kier alpha value is -1.15. The molecule has 0 unspecified atom stereocenters. The van der Waals surface area contributed by atoms with Gasteiger partial charge in [0, 0.05) is 11.2 Å². The summed E-state index contributed by atoms with van der Waals surface area (Å²) in [7, 11) is -3.64. The fraction of sp³-hybridized carbons (Fsp3) is 0.588. The maximum Gasteiger partial charge on any atom is 0.241 e. The van der Waals surface area contributed by atoms with Gasteiger partial charge in [-0.3, -0.25) is 4.79 Å². The standard InChI is InChI=1S/C17H27N3O3S.ClH/c1-12-14(19-16(21)11-18-10-13-8-9-13)6-5-7-15(12)24(22,23)20-17(2,3)4;/h5-7,13,18,20H,8-11H2,1-4H3,(H,19,21);1H. The third-order valence-corrected chi connectivity index (χ3v) is 5.61. The molecule has 1 aromatic carbocycles. The average Bonchev–Trinajstić information content (AvgIpc) is 3.22. The van der Waals surface area contributed by atoms with Crippen LogP contribution in [0.15, 0.2) is 23.1 Å². The van der Waals surface area contributed by atoms with Gasteiger partial charge in [-0.05, 0) is 70.7 Å². The second-order valence-corrected chi connectivity index (χ2v) is 9.06. The minimum Gasteiger partial charge on any atom is -0.325 e. The summed E-state index contributed by atoms with van der Waals surface area (Å²) < 4.78 is 27.7. The first-order valence-corrected chi connectivity index (χ1v) is 9.71. The van der Waals surface area contributed by atoms with Crippen LogP contribution in [0.25, 0.3) is 0 Å². The lowest BCUT2D eigenvalue weighted by molar-refractivity contribution is -0.115. The minimum atomic E-state index is -3.64.